The first-order chi connectivity index (χ1) is 12.2. The minimum atomic E-state index is -1.40. The van der Waals surface area contributed by atoms with E-state index in [0.29, 0.717) is 24.3 Å². The molecule has 2 N–H and O–H groups in total. The fraction of sp³-hybridized carbons (Fsp3) is 0. The van der Waals surface area contributed by atoms with Crippen LogP contribution < -0.4 is 0 Å². The van der Waals surface area contributed by atoms with Crippen LogP contribution in [0, 0.1) is 0 Å². The largest absolute Gasteiger partial charge is 0.478 e. The Labute approximate surface area is 144 Å². The second kappa shape index (κ2) is 9.27. The summed E-state index contributed by atoms with van der Waals surface area (Å²) in [4.78, 5) is 66.1. The maximum absolute atomic E-state index is 11.6. The molecule has 0 saturated carbocycles. The van der Waals surface area contributed by atoms with Crippen LogP contribution in [0.25, 0.3) is 0 Å². The van der Waals surface area contributed by atoms with Crippen LogP contribution in [0.15, 0.2) is 48.6 Å². The third kappa shape index (κ3) is 7.00. The van der Waals surface area contributed by atoms with Crippen LogP contribution in [0.3, 0.4) is 0 Å². The van der Waals surface area contributed by atoms with Crippen molar-refractivity contribution in [2.24, 2.45) is 0 Å². The van der Waals surface area contributed by atoms with E-state index in [1.54, 1.807) is 0 Å². The summed E-state index contributed by atoms with van der Waals surface area (Å²) in [5, 5.41) is 16.7. The van der Waals surface area contributed by atoms with Gasteiger partial charge in [0.1, 0.15) is 0 Å². The Morgan fingerprint density at radius 1 is 0.615 bits per heavy atom. The van der Waals surface area contributed by atoms with Crippen LogP contribution in [0.4, 0.5) is 0 Å². The highest BCUT2D eigenvalue weighted by Gasteiger charge is 2.15. The van der Waals surface area contributed by atoms with Crippen LogP contribution in [-0.2, 0) is 28.7 Å². The van der Waals surface area contributed by atoms with Crippen LogP contribution in [0.1, 0.15) is 20.7 Å². The molecular formula is C16H10O10. The van der Waals surface area contributed by atoms with Gasteiger partial charge in [-0.2, -0.15) is 0 Å². The van der Waals surface area contributed by atoms with E-state index in [2.05, 4.69) is 9.47 Å². The zero-order valence-corrected chi connectivity index (χ0v) is 12.8. The predicted octanol–water partition coefficient (Wildman–Crippen LogP) is 0.335. The highest BCUT2D eigenvalue weighted by atomic mass is 16.6. The minimum Gasteiger partial charge on any atom is -0.478 e. The molecule has 0 amide bonds. The van der Waals surface area contributed by atoms with E-state index in [1.165, 1.54) is 0 Å². The van der Waals surface area contributed by atoms with Crippen molar-refractivity contribution in [2.45, 2.75) is 0 Å². The Kier molecular flexibility index (Phi) is 7.12. The second-order valence-electron chi connectivity index (χ2n) is 4.34. The molecule has 1 aromatic carbocycles. The normalized spacial score (nSPS) is 10.5. The third-order valence-electron chi connectivity index (χ3n) is 2.47. The molecule has 26 heavy (non-hydrogen) atoms. The van der Waals surface area contributed by atoms with E-state index in [9.17, 15) is 28.8 Å². The van der Waals surface area contributed by atoms with Gasteiger partial charge in [0.2, 0.25) is 0 Å². The van der Waals surface area contributed by atoms with E-state index in [4.69, 9.17) is 10.2 Å². The van der Waals surface area contributed by atoms with E-state index < -0.39 is 35.8 Å². The van der Waals surface area contributed by atoms with Gasteiger partial charge in [0.15, 0.2) is 0 Å². The van der Waals surface area contributed by atoms with Gasteiger partial charge in [-0.15, -0.1) is 0 Å². The summed E-state index contributed by atoms with van der Waals surface area (Å²) < 4.78 is 8.69. The maximum Gasteiger partial charge on any atom is 0.346 e. The van der Waals surface area contributed by atoms with Gasteiger partial charge in [0.05, 0.1) is 11.1 Å². The molecule has 1 aromatic rings. The van der Waals surface area contributed by atoms with Gasteiger partial charge >= 0.3 is 35.8 Å². The number of benzene rings is 1. The maximum atomic E-state index is 11.6. The molecule has 0 spiro atoms. The quantitative estimate of drug-likeness (QED) is 0.410. The molecule has 0 radical (unpaired) electrons. The molecule has 0 saturated heterocycles. The van der Waals surface area contributed by atoms with Gasteiger partial charge in [-0.25, -0.2) is 28.8 Å². The van der Waals surface area contributed by atoms with Gasteiger partial charge in [0.25, 0.3) is 0 Å². The lowest BCUT2D eigenvalue weighted by molar-refractivity contribution is -0.134. The fourth-order valence-electron chi connectivity index (χ4n) is 1.39. The first-order valence-electron chi connectivity index (χ1n) is 6.63. The molecule has 10 heteroatoms. The van der Waals surface area contributed by atoms with Crippen LogP contribution in [0.5, 0.6) is 0 Å². The zero-order valence-electron chi connectivity index (χ0n) is 12.8. The summed E-state index contributed by atoms with van der Waals surface area (Å²) in [6, 6.07) is 4.41. The molecule has 0 aliphatic carbocycles. The van der Waals surface area contributed by atoms with Gasteiger partial charge in [0, 0.05) is 24.3 Å². The van der Waals surface area contributed by atoms with Crippen molar-refractivity contribution in [3.63, 3.8) is 0 Å². The second-order valence-corrected chi connectivity index (χ2v) is 4.34. The van der Waals surface area contributed by atoms with Crippen molar-refractivity contribution in [1.29, 1.82) is 0 Å². The number of aliphatic carboxylic acids is 2. The van der Waals surface area contributed by atoms with Gasteiger partial charge in [-0.1, -0.05) is 0 Å². The first kappa shape index (κ1) is 20.0. The summed E-state index contributed by atoms with van der Waals surface area (Å²) in [7, 11) is 0. The van der Waals surface area contributed by atoms with Gasteiger partial charge in [-0.05, 0) is 24.3 Å². The first-order valence-corrected chi connectivity index (χ1v) is 6.63. The van der Waals surface area contributed by atoms with Gasteiger partial charge < -0.3 is 19.7 Å². The number of carboxylic acids is 2. The molecule has 0 unspecified atom stereocenters. The summed E-state index contributed by atoms with van der Waals surface area (Å²) in [6.07, 6.45) is 2.07. The molecule has 0 bridgehead atoms. The van der Waals surface area contributed by atoms with Crippen LogP contribution in [-0.4, -0.2) is 46.0 Å². The Morgan fingerprint density at radius 2 is 0.923 bits per heavy atom. The number of carbonyl (C=O) groups excluding carboxylic acids is 4. The fourth-order valence-corrected chi connectivity index (χ4v) is 1.39. The Balaban J connectivity index is 2.70. The number of carbonyl (C=O) groups is 6. The monoisotopic (exact) mass is 362 g/mol. The molecular weight excluding hydrogens is 352 g/mol. The third-order valence-corrected chi connectivity index (χ3v) is 2.47. The molecule has 0 aromatic heterocycles. The molecule has 0 aliphatic heterocycles. The molecule has 0 fully saturated rings. The van der Waals surface area contributed by atoms with Crippen molar-refractivity contribution in [2.75, 3.05) is 0 Å². The van der Waals surface area contributed by atoms with Crippen molar-refractivity contribution < 1.29 is 48.5 Å². The van der Waals surface area contributed by atoms with Crippen molar-refractivity contribution in [3.8, 4) is 0 Å². The Hall–Kier alpha value is -4.08. The zero-order chi connectivity index (χ0) is 19.7. The molecule has 0 atom stereocenters. The van der Waals surface area contributed by atoms with E-state index in [1.807, 2.05) is 0 Å². The van der Waals surface area contributed by atoms with Crippen molar-refractivity contribution in [3.05, 3.63) is 59.7 Å². The van der Waals surface area contributed by atoms with Crippen LogP contribution >= 0.6 is 0 Å². The summed E-state index contributed by atoms with van der Waals surface area (Å²) in [5.41, 5.74) is -0.258. The smallest absolute Gasteiger partial charge is 0.346 e. The molecule has 134 valence electrons. The lowest BCUT2D eigenvalue weighted by atomic mass is 10.1. The average Bonchev–Trinajstić information content (AvgIpc) is 2.58. The highest BCUT2D eigenvalue weighted by Crippen LogP contribution is 2.08. The number of rotatable bonds is 6. The molecule has 10 nitrogen and oxygen atoms in total. The molecule has 1 rings (SSSR count). The van der Waals surface area contributed by atoms with E-state index in [0.717, 1.165) is 24.3 Å². The summed E-state index contributed by atoms with van der Waals surface area (Å²) >= 11 is 0. The van der Waals surface area contributed by atoms with Crippen LogP contribution in [0.2, 0.25) is 0 Å². The molecule has 0 heterocycles. The number of ether oxygens (including phenoxy) is 2. The lowest BCUT2D eigenvalue weighted by Crippen LogP contribution is -2.13. The average molecular weight is 362 g/mol. The number of esters is 4. The van der Waals surface area contributed by atoms with Gasteiger partial charge in [-0.3, -0.25) is 0 Å². The predicted molar refractivity (Wildman–Crippen MR) is 80.8 cm³/mol. The van der Waals surface area contributed by atoms with Crippen molar-refractivity contribution >= 4 is 35.8 Å². The van der Waals surface area contributed by atoms with Crippen molar-refractivity contribution in [1.82, 2.24) is 0 Å². The molecule has 0 aliphatic rings. The van der Waals surface area contributed by atoms with E-state index >= 15 is 0 Å². The van der Waals surface area contributed by atoms with E-state index in [-0.39, 0.29) is 11.1 Å². The topological polar surface area (TPSA) is 161 Å². The SMILES string of the molecule is O=C(O)/C=C\C(=O)OC(=O)c1ccc(C(=O)OC(=O)/C=C\C(=O)O)cc1. The summed E-state index contributed by atoms with van der Waals surface area (Å²) in [6.45, 7) is 0. The Morgan fingerprint density at radius 3 is 1.19 bits per heavy atom. The minimum absolute atomic E-state index is 0.129. The Bertz CT molecular complexity index is 745. The standard InChI is InChI=1S/C16H10O10/c17-11(18)5-7-13(21)25-15(23)9-1-2-10(4-3-9)16(24)26-14(22)8-6-12(19)20/h1-8H,(H,17,18)(H,19,20)/b7-5-,8-6-. The lowest BCUT2D eigenvalue weighted by Gasteiger charge is -2.03. The summed E-state index contributed by atoms with van der Waals surface area (Å²) in [5.74, 6) is -7.38. The highest BCUT2D eigenvalue weighted by molar-refractivity contribution is 6.03. The number of carboxylic acid groups (broad SMARTS) is 2. The number of hydrogen-bond acceptors (Lipinski definition) is 8. The number of hydrogen-bond donors (Lipinski definition) is 2.